The fourth-order valence-corrected chi connectivity index (χ4v) is 5.75. The number of piperidine rings is 1. The summed E-state index contributed by atoms with van der Waals surface area (Å²) in [6.45, 7) is 8.81. The molecule has 2 unspecified atom stereocenters. The average Bonchev–Trinajstić information content (AvgIpc) is 2.94. The van der Waals surface area contributed by atoms with Crippen molar-refractivity contribution in [3.63, 3.8) is 0 Å². The van der Waals surface area contributed by atoms with Crippen LogP contribution in [0.3, 0.4) is 0 Å². The molecule has 2 heterocycles. The number of likely N-dealkylation sites (tertiary alicyclic amines) is 1. The van der Waals surface area contributed by atoms with Gasteiger partial charge < -0.3 is 19.9 Å². The summed E-state index contributed by atoms with van der Waals surface area (Å²) >= 11 is 0. The number of hydrogen-bond donors (Lipinski definition) is 1. The van der Waals surface area contributed by atoms with Crippen molar-refractivity contribution in [2.45, 2.75) is 71.4 Å². The van der Waals surface area contributed by atoms with Gasteiger partial charge in [0.2, 0.25) is 5.91 Å². The van der Waals surface area contributed by atoms with E-state index in [0.717, 1.165) is 25.1 Å². The number of allylic oxidation sites excluding steroid dienone is 1. The summed E-state index contributed by atoms with van der Waals surface area (Å²) in [4.78, 5) is 43.2. The molecule has 2 atom stereocenters. The summed E-state index contributed by atoms with van der Waals surface area (Å²) < 4.78 is 19.3. The van der Waals surface area contributed by atoms with Gasteiger partial charge in [0, 0.05) is 42.7 Å². The molecule has 214 valence electrons. The van der Waals surface area contributed by atoms with E-state index >= 15 is 0 Å². The summed E-state index contributed by atoms with van der Waals surface area (Å²) in [7, 11) is 0. The van der Waals surface area contributed by atoms with Gasteiger partial charge in [-0.05, 0) is 82.0 Å². The minimum atomic E-state index is -0.594. The van der Waals surface area contributed by atoms with E-state index < -0.39 is 17.7 Å². The number of rotatable bonds is 10. The van der Waals surface area contributed by atoms with Crippen molar-refractivity contribution in [1.82, 2.24) is 15.1 Å². The summed E-state index contributed by atoms with van der Waals surface area (Å²) in [5.74, 6) is -1.86. The number of carbonyl (C=O) groups excluding carboxylic acids is 3. The second-order valence-corrected chi connectivity index (χ2v) is 10.7. The Kier molecular flexibility index (Phi) is 10.1. The molecule has 0 aliphatic carbocycles. The summed E-state index contributed by atoms with van der Waals surface area (Å²) in [6, 6.07) is 13.8. The van der Waals surface area contributed by atoms with Crippen molar-refractivity contribution in [2.24, 2.45) is 0 Å². The van der Waals surface area contributed by atoms with Gasteiger partial charge in [-0.3, -0.25) is 9.59 Å². The molecular weight excluding hydrogens is 509 g/mol. The zero-order valence-corrected chi connectivity index (χ0v) is 23.7. The van der Waals surface area contributed by atoms with Crippen LogP contribution in [0.25, 0.3) is 0 Å². The van der Waals surface area contributed by atoms with Crippen molar-refractivity contribution in [3.8, 4) is 0 Å². The van der Waals surface area contributed by atoms with Crippen LogP contribution in [0.15, 0.2) is 59.8 Å². The number of amides is 2. The molecule has 2 amide bonds. The number of esters is 1. The van der Waals surface area contributed by atoms with Crippen LogP contribution in [0.2, 0.25) is 0 Å². The van der Waals surface area contributed by atoms with E-state index in [4.69, 9.17) is 4.74 Å². The third-order valence-corrected chi connectivity index (χ3v) is 7.95. The van der Waals surface area contributed by atoms with Crippen LogP contribution in [0.5, 0.6) is 0 Å². The topological polar surface area (TPSA) is 79.0 Å². The highest BCUT2D eigenvalue weighted by Gasteiger charge is 2.37. The number of hydrogen-bond acceptors (Lipinski definition) is 5. The lowest BCUT2D eigenvalue weighted by molar-refractivity contribution is -0.140. The minimum Gasteiger partial charge on any atom is -0.463 e. The van der Waals surface area contributed by atoms with Crippen molar-refractivity contribution < 1.29 is 23.5 Å². The van der Waals surface area contributed by atoms with Crippen molar-refractivity contribution in [2.75, 3.05) is 26.2 Å². The Morgan fingerprint density at radius 3 is 2.67 bits per heavy atom. The minimum absolute atomic E-state index is 0.0186. The fraction of sp³-hybridized carbons (Fsp3) is 0.469. The lowest BCUT2D eigenvalue weighted by atomic mass is 9.83. The number of ether oxygens (including phenoxy) is 1. The maximum absolute atomic E-state index is 14.0. The van der Waals surface area contributed by atoms with Crippen LogP contribution in [-0.2, 0) is 20.9 Å². The molecule has 7 nitrogen and oxygen atoms in total. The molecule has 1 N–H and O–H groups in total. The molecule has 0 saturated carbocycles. The molecule has 40 heavy (non-hydrogen) atoms. The maximum atomic E-state index is 14.0. The Balaban J connectivity index is 1.45. The van der Waals surface area contributed by atoms with Crippen molar-refractivity contribution >= 4 is 17.8 Å². The molecule has 2 aliphatic heterocycles. The van der Waals surface area contributed by atoms with Crippen LogP contribution in [0.4, 0.5) is 4.39 Å². The van der Waals surface area contributed by atoms with E-state index in [2.05, 4.69) is 17.1 Å². The van der Waals surface area contributed by atoms with Gasteiger partial charge in [0.1, 0.15) is 5.82 Å². The third kappa shape index (κ3) is 7.16. The molecule has 4 rings (SSSR count). The molecule has 2 aliphatic rings. The van der Waals surface area contributed by atoms with E-state index in [9.17, 15) is 18.8 Å². The Hall–Kier alpha value is -3.52. The molecular formula is C32H40FN3O4. The first-order chi connectivity index (χ1) is 19.3. The smallest absolute Gasteiger partial charge is 0.336 e. The SMILES string of the molecule is CCOC(=O)C1=C(C)N(Cc2cccc(C(=O)NCCCN3CCCCC3C)c2)C(=O)CC1c1cccc(F)c1. The molecule has 0 spiro atoms. The Morgan fingerprint density at radius 2 is 1.93 bits per heavy atom. The Labute approximate surface area is 236 Å². The van der Waals surface area contributed by atoms with Crippen LogP contribution in [0.1, 0.15) is 80.3 Å². The van der Waals surface area contributed by atoms with E-state index in [-0.39, 0.29) is 31.4 Å². The first kappa shape index (κ1) is 29.5. The first-order valence-corrected chi connectivity index (χ1v) is 14.3. The van der Waals surface area contributed by atoms with Gasteiger partial charge in [-0.25, -0.2) is 9.18 Å². The van der Waals surface area contributed by atoms with Gasteiger partial charge in [-0.1, -0.05) is 30.7 Å². The van der Waals surface area contributed by atoms with Gasteiger partial charge in [0.05, 0.1) is 18.7 Å². The Morgan fingerprint density at radius 1 is 1.12 bits per heavy atom. The van der Waals surface area contributed by atoms with Crippen LogP contribution in [-0.4, -0.2) is 59.9 Å². The van der Waals surface area contributed by atoms with Gasteiger partial charge in [0.25, 0.3) is 5.91 Å². The second-order valence-electron chi connectivity index (χ2n) is 10.7. The third-order valence-electron chi connectivity index (χ3n) is 7.95. The first-order valence-electron chi connectivity index (χ1n) is 14.3. The summed E-state index contributed by atoms with van der Waals surface area (Å²) in [6.07, 6.45) is 4.68. The van der Waals surface area contributed by atoms with E-state index in [1.807, 2.05) is 6.07 Å². The summed E-state index contributed by atoms with van der Waals surface area (Å²) in [5.41, 5.74) is 2.69. The largest absolute Gasteiger partial charge is 0.463 e. The molecule has 0 aromatic heterocycles. The lowest BCUT2D eigenvalue weighted by Gasteiger charge is -2.34. The molecule has 8 heteroatoms. The number of benzene rings is 2. The van der Waals surface area contributed by atoms with Gasteiger partial charge >= 0.3 is 5.97 Å². The van der Waals surface area contributed by atoms with Gasteiger partial charge in [-0.15, -0.1) is 0 Å². The van der Waals surface area contributed by atoms with E-state index in [1.54, 1.807) is 49.1 Å². The molecule has 0 radical (unpaired) electrons. The molecule has 1 saturated heterocycles. The highest BCUT2D eigenvalue weighted by atomic mass is 19.1. The number of halogens is 1. The average molecular weight is 550 g/mol. The predicted octanol–water partition coefficient (Wildman–Crippen LogP) is 5.17. The maximum Gasteiger partial charge on any atom is 0.336 e. The molecule has 1 fully saturated rings. The second kappa shape index (κ2) is 13.7. The molecule has 2 aromatic rings. The van der Waals surface area contributed by atoms with Crippen molar-refractivity contribution in [3.05, 3.63) is 82.3 Å². The van der Waals surface area contributed by atoms with Gasteiger partial charge in [0.15, 0.2) is 0 Å². The van der Waals surface area contributed by atoms with Gasteiger partial charge in [-0.2, -0.15) is 0 Å². The van der Waals surface area contributed by atoms with Crippen LogP contribution >= 0.6 is 0 Å². The van der Waals surface area contributed by atoms with Crippen LogP contribution < -0.4 is 5.32 Å². The predicted molar refractivity (Wildman–Crippen MR) is 152 cm³/mol. The monoisotopic (exact) mass is 549 g/mol. The quantitative estimate of drug-likeness (QED) is 0.327. The van der Waals surface area contributed by atoms with Crippen molar-refractivity contribution in [1.29, 1.82) is 0 Å². The molecule has 0 bridgehead atoms. The number of nitrogens with zero attached hydrogens (tertiary/aromatic N) is 2. The highest BCUT2D eigenvalue weighted by molar-refractivity contribution is 5.96. The fourth-order valence-electron chi connectivity index (χ4n) is 5.75. The van der Waals surface area contributed by atoms with Crippen LogP contribution in [0, 0.1) is 5.82 Å². The standard InChI is InChI=1S/C32H40FN3O4/c1-4-40-32(39)30-23(3)36(29(37)20-28(30)25-12-8-14-27(33)19-25)21-24-11-7-13-26(18-24)31(38)34-15-9-17-35-16-6-5-10-22(35)2/h7-8,11-14,18-19,22,28H,4-6,9-10,15-17,20-21H2,1-3H3,(H,34,38). The molecule has 2 aromatic carbocycles. The zero-order valence-electron chi connectivity index (χ0n) is 23.7. The number of carbonyl (C=O) groups is 3. The van der Waals surface area contributed by atoms with E-state index in [1.165, 1.54) is 31.4 Å². The number of nitrogens with one attached hydrogen (secondary N) is 1. The lowest BCUT2D eigenvalue weighted by Crippen LogP contribution is -2.39. The Bertz CT molecular complexity index is 1260. The summed E-state index contributed by atoms with van der Waals surface area (Å²) in [5, 5.41) is 3.02. The van der Waals surface area contributed by atoms with E-state index in [0.29, 0.717) is 35.0 Å². The zero-order chi connectivity index (χ0) is 28.6. The normalized spacial score (nSPS) is 20.0. The highest BCUT2D eigenvalue weighted by Crippen LogP contribution is 2.38.